The summed E-state index contributed by atoms with van der Waals surface area (Å²) < 4.78 is 7.62. The van der Waals surface area contributed by atoms with Crippen LogP contribution in [-0.4, -0.2) is 14.9 Å². The predicted molar refractivity (Wildman–Crippen MR) is 74.1 cm³/mol. The maximum atomic E-state index is 9.79. The molecule has 19 heavy (non-hydrogen) atoms. The SMILES string of the molecule is Cc1ccc(OCc2cc(C)nn2C)c(C(C)O)c1. The fourth-order valence-electron chi connectivity index (χ4n) is 2.08. The number of aliphatic hydroxyl groups is 1. The molecule has 1 atom stereocenters. The van der Waals surface area contributed by atoms with Gasteiger partial charge in [0.1, 0.15) is 12.4 Å². The van der Waals surface area contributed by atoms with Crippen LogP contribution >= 0.6 is 0 Å². The van der Waals surface area contributed by atoms with E-state index in [1.165, 1.54) is 0 Å². The van der Waals surface area contributed by atoms with Crippen molar-refractivity contribution in [1.82, 2.24) is 9.78 Å². The smallest absolute Gasteiger partial charge is 0.130 e. The summed E-state index contributed by atoms with van der Waals surface area (Å²) in [5.41, 5.74) is 3.91. The molecule has 0 aliphatic carbocycles. The second-order valence-corrected chi connectivity index (χ2v) is 4.91. The van der Waals surface area contributed by atoms with E-state index in [2.05, 4.69) is 5.10 Å². The van der Waals surface area contributed by atoms with Gasteiger partial charge in [0.2, 0.25) is 0 Å². The number of ether oxygens (including phenoxy) is 1. The normalized spacial score (nSPS) is 12.5. The summed E-state index contributed by atoms with van der Waals surface area (Å²) in [5, 5.41) is 14.1. The van der Waals surface area contributed by atoms with Crippen molar-refractivity contribution in [3.05, 3.63) is 46.8 Å². The third-order valence-corrected chi connectivity index (χ3v) is 3.09. The van der Waals surface area contributed by atoms with Gasteiger partial charge in [-0.1, -0.05) is 11.6 Å². The third kappa shape index (κ3) is 3.15. The number of nitrogens with zero attached hydrogens (tertiary/aromatic N) is 2. The first-order valence-corrected chi connectivity index (χ1v) is 6.38. The zero-order chi connectivity index (χ0) is 14.0. The highest BCUT2D eigenvalue weighted by Crippen LogP contribution is 2.27. The third-order valence-electron chi connectivity index (χ3n) is 3.09. The highest BCUT2D eigenvalue weighted by molar-refractivity contribution is 5.38. The summed E-state index contributed by atoms with van der Waals surface area (Å²) in [6.45, 7) is 6.15. The number of benzene rings is 1. The summed E-state index contributed by atoms with van der Waals surface area (Å²) in [6, 6.07) is 7.83. The van der Waals surface area contributed by atoms with Crippen molar-refractivity contribution < 1.29 is 9.84 Å². The van der Waals surface area contributed by atoms with Gasteiger partial charge in [0.05, 0.1) is 17.5 Å². The second kappa shape index (κ2) is 5.45. The molecular weight excluding hydrogens is 240 g/mol. The van der Waals surface area contributed by atoms with Crippen LogP contribution in [0.2, 0.25) is 0 Å². The summed E-state index contributed by atoms with van der Waals surface area (Å²) >= 11 is 0. The lowest BCUT2D eigenvalue weighted by molar-refractivity contribution is 0.189. The molecule has 0 spiro atoms. The van der Waals surface area contributed by atoms with Crippen molar-refractivity contribution in [2.24, 2.45) is 7.05 Å². The van der Waals surface area contributed by atoms with Crippen LogP contribution in [0.5, 0.6) is 5.75 Å². The molecule has 1 aromatic carbocycles. The molecule has 0 bridgehead atoms. The van der Waals surface area contributed by atoms with Gasteiger partial charge in [0, 0.05) is 12.6 Å². The largest absolute Gasteiger partial charge is 0.487 e. The molecule has 1 aromatic heterocycles. The zero-order valence-corrected chi connectivity index (χ0v) is 11.8. The standard InChI is InChI=1S/C15H20N2O2/c1-10-5-6-15(14(7-10)12(3)18)19-9-13-8-11(2)16-17(13)4/h5-8,12,18H,9H2,1-4H3. The van der Waals surface area contributed by atoms with E-state index in [0.717, 1.165) is 28.3 Å². The minimum absolute atomic E-state index is 0.445. The van der Waals surface area contributed by atoms with E-state index in [-0.39, 0.29) is 0 Å². The Morgan fingerprint density at radius 2 is 2.05 bits per heavy atom. The van der Waals surface area contributed by atoms with Crippen LogP contribution in [-0.2, 0) is 13.7 Å². The van der Waals surface area contributed by atoms with Gasteiger partial charge in [-0.3, -0.25) is 4.68 Å². The molecule has 2 aromatic rings. The number of aryl methyl sites for hydroxylation is 3. The highest BCUT2D eigenvalue weighted by Gasteiger charge is 2.10. The number of hydrogen-bond acceptors (Lipinski definition) is 3. The minimum Gasteiger partial charge on any atom is -0.487 e. The number of aromatic nitrogens is 2. The molecule has 1 heterocycles. The summed E-state index contributed by atoms with van der Waals surface area (Å²) in [7, 11) is 1.90. The van der Waals surface area contributed by atoms with Gasteiger partial charge in [-0.2, -0.15) is 5.10 Å². The monoisotopic (exact) mass is 260 g/mol. The Labute approximate surface area is 113 Å². The lowest BCUT2D eigenvalue weighted by Gasteiger charge is -2.14. The summed E-state index contributed by atoms with van der Waals surface area (Å²) in [5.74, 6) is 0.722. The maximum Gasteiger partial charge on any atom is 0.130 e. The molecule has 4 nitrogen and oxygen atoms in total. The fourth-order valence-corrected chi connectivity index (χ4v) is 2.08. The lowest BCUT2D eigenvalue weighted by atomic mass is 10.1. The van der Waals surface area contributed by atoms with E-state index in [1.807, 2.05) is 49.8 Å². The predicted octanol–water partition coefficient (Wildman–Crippen LogP) is 2.67. The average Bonchev–Trinajstić information content (AvgIpc) is 2.66. The number of aliphatic hydroxyl groups excluding tert-OH is 1. The molecule has 0 saturated carbocycles. The number of hydrogen-bond donors (Lipinski definition) is 1. The van der Waals surface area contributed by atoms with E-state index < -0.39 is 6.10 Å². The van der Waals surface area contributed by atoms with Crippen LogP contribution in [0.1, 0.15) is 35.5 Å². The van der Waals surface area contributed by atoms with Gasteiger partial charge in [-0.05, 0) is 39.0 Å². The Morgan fingerprint density at radius 1 is 1.32 bits per heavy atom. The Bertz CT molecular complexity index is 574. The van der Waals surface area contributed by atoms with Crippen LogP contribution in [0.25, 0.3) is 0 Å². The summed E-state index contributed by atoms with van der Waals surface area (Å²) in [4.78, 5) is 0. The molecular formula is C15H20N2O2. The molecule has 0 saturated heterocycles. The average molecular weight is 260 g/mol. The van der Waals surface area contributed by atoms with Gasteiger partial charge < -0.3 is 9.84 Å². The van der Waals surface area contributed by atoms with Crippen molar-refractivity contribution >= 4 is 0 Å². The van der Waals surface area contributed by atoms with E-state index in [0.29, 0.717) is 6.61 Å². The van der Waals surface area contributed by atoms with Gasteiger partial charge in [0.25, 0.3) is 0 Å². The highest BCUT2D eigenvalue weighted by atomic mass is 16.5. The maximum absolute atomic E-state index is 9.79. The Morgan fingerprint density at radius 3 is 2.63 bits per heavy atom. The molecule has 4 heteroatoms. The van der Waals surface area contributed by atoms with E-state index in [1.54, 1.807) is 6.92 Å². The Balaban J connectivity index is 2.17. The molecule has 1 N–H and O–H groups in total. The van der Waals surface area contributed by atoms with E-state index in [9.17, 15) is 5.11 Å². The van der Waals surface area contributed by atoms with Crippen LogP contribution < -0.4 is 4.74 Å². The Hall–Kier alpha value is -1.81. The molecule has 102 valence electrons. The van der Waals surface area contributed by atoms with Gasteiger partial charge in [0.15, 0.2) is 0 Å². The molecule has 1 unspecified atom stereocenters. The first-order valence-electron chi connectivity index (χ1n) is 6.38. The molecule has 0 aliphatic heterocycles. The van der Waals surface area contributed by atoms with Crippen LogP contribution in [0.15, 0.2) is 24.3 Å². The molecule has 0 radical (unpaired) electrons. The van der Waals surface area contributed by atoms with Crippen LogP contribution in [0.4, 0.5) is 0 Å². The first-order chi connectivity index (χ1) is 8.97. The number of rotatable bonds is 4. The minimum atomic E-state index is -0.539. The van der Waals surface area contributed by atoms with Crippen LogP contribution in [0, 0.1) is 13.8 Å². The van der Waals surface area contributed by atoms with Crippen molar-refractivity contribution in [1.29, 1.82) is 0 Å². The van der Waals surface area contributed by atoms with E-state index >= 15 is 0 Å². The Kier molecular flexibility index (Phi) is 3.90. The van der Waals surface area contributed by atoms with Crippen LogP contribution in [0.3, 0.4) is 0 Å². The molecule has 2 rings (SSSR count). The molecule has 0 aliphatic rings. The molecule has 0 amide bonds. The van der Waals surface area contributed by atoms with Crippen molar-refractivity contribution in [2.75, 3.05) is 0 Å². The fraction of sp³-hybridized carbons (Fsp3) is 0.400. The first kappa shape index (κ1) is 13.6. The lowest BCUT2D eigenvalue weighted by Crippen LogP contribution is -2.05. The quantitative estimate of drug-likeness (QED) is 0.919. The van der Waals surface area contributed by atoms with Crippen molar-refractivity contribution in [2.45, 2.75) is 33.5 Å². The van der Waals surface area contributed by atoms with Crippen molar-refractivity contribution in [3.63, 3.8) is 0 Å². The van der Waals surface area contributed by atoms with Gasteiger partial charge >= 0.3 is 0 Å². The zero-order valence-electron chi connectivity index (χ0n) is 11.8. The van der Waals surface area contributed by atoms with Crippen molar-refractivity contribution in [3.8, 4) is 5.75 Å². The summed E-state index contributed by atoms with van der Waals surface area (Å²) in [6.07, 6.45) is -0.539. The topological polar surface area (TPSA) is 47.3 Å². The van der Waals surface area contributed by atoms with E-state index in [4.69, 9.17) is 4.74 Å². The van der Waals surface area contributed by atoms with Gasteiger partial charge in [-0.15, -0.1) is 0 Å². The molecule has 0 fully saturated rings. The van der Waals surface area contributed by atoms with Gasteiger partial charge in [-0.25, -0.2) is 0 Å². The second-order valence-electron chi connectivity index (χ2n) is 4.91.